The molecule has 0 spiro atoms. The molecule has 0 aromatic heterocycles. The van der Waals surface area contributed by atoms with Crippen LogP contribution in [0.3, 0.4) is 0 Å². The number of amides is 2. The number of nitrogens with zero attached hydrogens (tertiary/aromatic N) is 2. The fourth-order valence-electron chi connectivity index (χ4n) is 3.93. The molecular formula is C27H26N2O2. The number of imide groups is 1. The Morgan fingerprint density at radius 2 is 1.45 bits per heavy atom. The summed E-state index contributed by atoms with van der Waals surface area (Å²) in [5.41, 5.74) is 6.35. The fraction of sp³-hybridized carbons (Fsp3) is 0.185. The fourth-order valence-corrected chi connectivity index (χ4v) is 3.93. The number of para-hydroxylation sites is 1. The summed E-state index contributed by atoms with van der Waals surface area (Å²) in [5, 5.41) is 0. The number of hydrogen-bond donors (Lipinski definition) is 0. The summed E-state index contributed by atoms with van der Waals surface area (Å²) in [7, 11) is 0. The highest BCUT2D eigenvalue weighted by atomic mass is 16.2. The lowest BCUT2D eigenvalue weighted by molar-refractivity contribution is -0.120. The van der Waals surface area contributed by atoms with Crippen molar-refractivity contribution in [2.24, 2.45) is 0 Å². The normalized spacial score (nSPS) is 13.9. The second-order valence-electron chi connectivity index (χ2n) is 7.88. The van der Waals surface area contributed by atoms with Crippen molar-refractivity contribution in [2.45, 2.75) is 27.7 Å². The van der Waals surface area contributed by atoms with Crippen LogP contribution in [-0.4, -0.2) is 18.4 Å². The highest BCUT2D eigenvalue weighted by molar-refractivity contribution is 6.46. The summed E-state index contributed by atoms with van der Waals surface area (Å²) in [6.45, 7) is 8.56. The summed E-state index contributed by atoms with van der Waals surface area (Å²) >= 11 is 0. The third-order valence-corrected chi connectivity index (χ3v) is 5.80. The van der Waals surface area contributed by atoms with Crippen molar-refractivity contribution in [3.05, 3.63) is 101 Å². The molecule has 1 heterocycles. The van der Waals surface area contributed by atoms with Crippen molar-refractivity contribution in [3.8, 4) is 0 Å². The Bertz CT molecular complexity index is 1180. The molecule has 4 nitrogen and oxygen atoms in total. The van der Waals surface area contributed by atoms with E-state index in [9.17, 15) is 9.59 Å². The van der Waals surface area contributed by atoms with Gasteiger partial charge in [0.25, 0.3) is 11.8 Å². The molecule has 2 amide bonds. The van der Waals surface area contributed by atoms with Crippen molar-refractivity contribution >= 4 is 28.8 Å². The Kier molecular flexibility index (Phi) is 5.47. The van der Waals surface area contributed by atoms with Gasteiger partial charge in [0.2, 0.25) is 0 Å². The van der Waals surface area contributed by atoms with Gasteiger partial charge in [-0.15, -0.1) is 0 Å². The van der Waals surface area contributed by atoms with Gasteiger partial charge in [0.15, 0.2) is 0 Å². The standard InChI is InChI=1S/C27H26N2O2/c1-5-28(22-9-7-6-8-10-22)25-24(21-14-11-18(2)12-15-21)26(30)29(27(25)31)23-16-13-19(3)20(4)17-23/h6-17H,5H2,1-4H3. The summed E-state index contributed by atoms with van der Waals surface area (Å²) in [5.74, 6) is -0.587. The summed E-state index contributed by atoms with van der Waals surface area (Å²) < 4.78 is 0. The van der Waals surface area contributed by atoms with Gasteiger partial charge in [-0.25, -0.2) is 4.90 Å². The zero-order valence-corrected chi connectivity index (χ0v) is 18.3. The first-order valence-corrected chi connectivity index (χ1v) is 10.5. The quantitative estimate of drug-likeness (QED) is 0.527. The van der Waals surface area contributed by atoms with E-state index in [0.717, 1.165) is 27.9 Å². The molecule has 0 saturated heterocycles. The zero-order chi connectivity index (χ0) is 22.1. The van der Waals surface area contributed by atoms with Gasteiger partial charge in [0.05, 0.1) is 11.3 Å². The predicted molar refractivity (Wildman–Crippen MR) is 126 cm³/mol. The minimum Gasteiger partial charge on any atom is -0.337 e. The van der Waals surface area contributed by atoms with E-state index in [0.29, 0.717) is 23.5 Å². The van der Waals surface area contributed by atoms with Crippen LogP contribution >= 0.6 is 0 Å². The second-order valence-corrected chi connectivity index (χ2v) is 7.88. The van der Waals surface area contributed by atoms with E-state index in [-0.39, 0.29) is 11.8 Å². The van der Waals surface area contributed by atoms with Crippen LogP contribution in [0.5, 0.6) is 0 Å². The van der Waals surface area contributed by atoms with Crippen LogP contribution in [0.15, 0.2) is 78.5 Å². The third-order valence-electron chi connectivity index (χ3n) is 5.80. The van der Waals surface area contributed by atoms with E-state index in [1.54, 1.807) is 0 Å². The van der Waals surface area contributed by atoms with Crippen LogP contribution in [0.1, 0.15) is 29.2 Å². The molecule has 0 unspecified atom stereocenters. The average Bonchev–Trinajstić information content (AvgIpc) is 3.02. The van der Waals surface area contributed by atoms with E-state index in [4.69, 9.17) is 0 Å². The number of carbonyl (C=O) groups is 2. The number of aryl methyl sites for hydroxylation is 3. The lowest BCUT2D eigenvalue weighted by Gasteiger charge is -2.25. The van der Waals surface area contributed by atoms with Gasteiger partial charge in [-0.1, -0.05) is 54.1 Å². The highest BCUT2D eigenvalue weighted by Crippen LogP contribution is 2.37. The van der Waals surface area contributed by atoms with Crippen LogP contribution in [-0.2, 0) is 9.59 Å². The Labute approximate surface area is 183 Å². The first-order chi connectivity index (χ1) is 14.9. The maximum Gasteiger partial charge on any atom is 0.282 e. The monoisotopic (exact) mass is 410 g/mol. The average molecular weight is 411 g/mol. The first-order valence-electron chi connectivity index (χ1n) is 10.5. The molecule has 0 radical (unpaired) electrons. The maximum atomic E-state index is 13.7. The van der Waals surface area contributed by atoms with Crippen LogP contribution in [0.25, 0.3) is 5.57 Å². The Morgan fingerprint density at radius 3 is 2.06 bits per heavy atom. The van der Waals surface area contributed by atoms with E-state index < -0.39 is 0 Å². The van der Waals surface area contributed by atoms with Crippen molar-refractivity contribution < 1.29 is 9.59 Å². The van der Waals surface area contributed by atoms with Crippen molar-refractivity contribution in [2.75, 3.05) is 16.3 Å². The van der Waals surface area contributed by atoms with E-state index in [1.165, 1.54) is 4.90 Å². The highest BCUT2D eigenvalue weighted by Gasteiger charge is 2.42. The third kappa shape index (κ3) is 3.66. The smallest absolute Gasteiger partial charge is 0.282 e. The molecule has 4 heteroatoms. The number of hydrogen-bond acceptors (Lipinski definition) is 3. The number of anilines is 2. The molecule has 31 heavy (non-hydrogen) atoms. The Hall–Kier alpha value is -3.66. The maximum absolute atomic E-state index is 13.7. The second kappa shape index (κ2) is 8.23. The molecule has 0 aliphatic carbocycles. The largest absolute Gasteiger partial charge is 0.337 e. The van der Waals surface area contributed by atoms with Gasteiger partial charge >= 0.3 is 0 Å². The molecule has 1 aliphatic rings. The number of likely N-dealkylation sites (N-methyl/N-ethyl adjacent to an activating group) is 1. The number of rotatable bonds is 5. The minimum atomic E-state index is -0.297. The molecule has 0 fully saturated rings. The molecule has 0 saturated carbocycles. The van der Waals surface area contributed by atoms with Gasteiger partial charge in [0.1, 0.15) is 5.70 Å². The van der Waals surface area contributed by atoms with E-state index >= 15 is 0 Å². The molecule has 1 aliphatic heterocycles. The first kappa shape index (κ1) is 20.6. The summed E-state index contributed by atoms with van der Waals surface area (Å²) in [4.78, 5) is 30.7. The van der Waals surface area contributed by atoms with Crippen molar-refractivity contribution in [1.82, 2.24) is 0 Å². The van der Waals surface area contributed by atoms with Gasteiger partial charge in [-0.05, 0) is 68.7 Å². The van der Waals surface area contributed by atoms with Crippen LogP contribution in [0.4, 0.5) is 11.4 Å². The van der Waals surface area contributed by atoms with Gasteiger partial charge in [0, 0.05) is 12.2 Å². The zero-order valence-electron chi connectivity index (χ0n) is 18.3. The number of benzene rings is 3. The minimum absolute atomic E-state index is 0.290. The van der Waals surface area contributed by atoms with Crippen LogP contribution in [0, 0.1) is 20.8 Å². The van der Waals surface area contributed by atoms with Gasteiger partial charge < -0.3 is 4.90 Å². The molecule has 156 valence electrons. The van der Waals surface area contributed by atoms with E-state index in [2.05, 4.69) is 0 Å². The molecular weight excluding hydrogens is 384 g/mol. The molecule has 3 aromatic rings. The molecule has 0 bridgehead atoms. The Morgan fingerprint density at radius 1 is 0.774 bits per heavy atom. The topological polar surface area (TPSA) is 40.6 Å². The summed E-state index contributed by atoms with van der Waals surface area (Å²) in [6, 6.07) is 23.2. The lowest BCUT2D eigenvalue weighted by Crippen LogP contribution is -2.35. The molecule has 3 aromatic carbocycles. The van der Waals surface area contributed by atoms with Crippen LogP contribution < -0.4 is 9.80 Å². The molecule has 4 rings (SSSR count). The van der Waals surface area contributed by atoms with Crippen molar-refractivity contribution in [3.63, 3.8) is 0 Å². The predicted octanol–water partition coefficient (Wildman–Crippen LogP) is 5.42. The summed E-state index contributed by atoms with van der Waals surface area (Å²) in [6.07, 6.45) is 0. The lowest BCUT2D eigenvalue weighted by atomic mass is 10.0. The number of carbonyl (C=O) groups excluding carboxylic acids is 2. The van der Waals surface area contributed by atoms with Gasteiger partial charge in [-0.3, -0.25) is 9.59 Å². The Balaban J connectivity index is 1.91. The van der Waals surface area contributed by atoms with E-state index in [1.807, 2.05) is 105 Å². The molecule has 0 N–H and O–H groups in total. The van der Waals surface area contributed by atoms with Crippen LogP contribution in [0.2, 0.25) is 0 Å². The van der Waals surface area contributed by atoms with Crippen molar-refractivity contribution in [1.29, 1.82) is 0 Å². The van der Waals surface area contributed by atoms with Gasteiger partial charge in [-0.2, -0.15) is 0 Å². The SMILES string of the molecule is CCN(C1=C(c2ccc(C)cc2)C(=O)N(c2ccc(C)c(C)c2)C1=O)c1ccccc1. The molecule has 0 atom stereocenters.